The number of hydrogen-bond acceptors (Lipinski definition) is 4. The van der Waals surface area contributed by atoms with Crippen molar-refractivity contribution in [3.63, 3.8) is 0 Å². The first-order valence-corrected chi connectivity index (χ1v) is 10.4. The molecule has 0 unspecified atom stereocenters. The average molecular weight is 400 g/mol. The van der Waals surface area contributed by atoms with Gasteiger partial charge in [-0.15, -0.1) is 0 Å². The molecule has 1 aromatic heterocycles. The van der Waals surface area contributed by atoms with Gasteiger partial charge in [0.05, 0.1) is 20.8 Å². The predicted octanol–water partition coefficient (Wildman–Crippen LogP) is 5.08. The lowest BCUT2D eigenvalue weighted by atomic mass is 10.1. The molecular formula is C21H22ClN3OS. The van der Waals surface area contributed by atoms with E-state index < -0.39 is 0 Å². The zero-order valence-corrected chi connectivity index (χ0v) is 16.8. The molecule has 4 nitrogen and oxygen atoms in total. The molecule has 27 heavy (non-hydrogen) atoms. The van der Waals surface area contributed by atoms with Crippen molar-refractivity contribution in [3.05, 3.63) is 59.1 Å². The van der Waals surface area contributed by atoms with Crippen LogP contribution in [0.2, 0.25) is 5.02 Å². The van der Waals surface area contributed by atoms with Gasteiger partial charge in [0.1, 0.15) is 0 Å². The van der Waals surface area contributed by atoms with Gasteiger partial charge < -0.3 is 4.90 Å². The van der Waals surface area contributed by atoms with E-state index in [9.17, 15) is 4.79 Å². The molecule has 0 aliphatic carbocycles. The maximum Gasteiger partial charge on any atom is 0.261 e. The van der Waals surface area contributed by atoms with Crippen molar-refractivity contribution >= 4 is 44.2 Å². The van der Waals surface area contributed by atoms with Crippen LogP contribution < -0.4 is 4.90 Å². The van der Waals surface area contributed by atoms with Gasteiger partial charge in [-0.25, -0.2) is 4.98 Å². The Hall–Kier alpha value is -1.95. The summed E-state index contributed by atoms with van der Waals surface area (Å²) in [6.07, 6.45) is 3.34. The number of hydrogen-bond donors (Lipinski definition) is 0. The minimum absolute atomic E-state index is 0.0830. The summed E-state index contributed by atoms with van der Waals surface area (Å²) >= 11 is 7.86. The number of anilines is 1. The molecule has 2 heterocycles. The highest BCUT2D eigenvalue weighted by Gasteiger charge is 2.26. The summed E-state index contributed by atoms with van der Waals surface area (Å²) in [7, 11) is 2.16. The summed E-state index contributed by atoms with van der Waals surface area (Å²) < 4.78 is 1.09. The number of likely N-dealkylation sites (tertiary alicyclic amines) is 1. The topological polar surface area (TPSA) is 36.4 Å². The lowest BCUT2D eigenvalue weighted by molar-refractivity contribution is 0.0985. The summed E-state index contributed by atoms with van der Waals surface area (Å²) in [5.74, 6) is -0.0830. The lowest BCUT2D eigenvalue weighted by Crippen LogP contribution is -2.36. The first kappa shape index (κ1) is 18.4. The Labute approximate surface area is 168 Å². The second kappa shape index (κ2) is 7.97. The molecule has 0 radical (unpaired) electrons. The largest absolute Gasteiger partial charge is 0.303 e. The molecule has 1 atom stereocenters. The van der Waals surface area contributed by atoms with Crippen LogP contribution in [-0.4, -0.2) is 42.0 Å². The van der Waals surface area contributed by atoms with Gasteiger partial charge in [-0.2, -0.15) is 0 Å². The SMILES string of the molecule is CN1CCC[C@H]1CCN(C(=O)c1ccccc1Cl)c1nc2ccccc2s1. The zero-order chi connectivity index (χ0) is 18.8. The maximum absolute atomic E-state index is 13.3. The highest BCUT2D eigenvalue weighted by atomic mass is 35.5. The van der Waals surface area contributed by atoms with Crippen molar-refractivity contribution in [1.82, 2.24) is 9.88 Å². The van der Waals surface area contributed by atoms with Crippen molar-refractivity contribution in [2.75, 3.05) is 25.0 Å². The number of fused-ring (bicyclic) bond motifs is 1. The van der Waals surface area contributed by atoms with Crippen LogP contribution in [0, 0.1) is 0 Å². The Balaban J connectivity index is 1.65. The fourth-order valence-corrected chi connectivity index (χ4v) is 4.87. The average Bonchev–Trinajstić information content (AvgIpc) is 3.28. The fourth-order valence-electron chi connectivity index (χ4n) is 3.66. The monoisotopic (exact) mass is 399 g/mol. The van der Waals surface area contributed by atoms with Crippen LogP contribution in [-0.2, 0) is 0 Å². The molecule has 0 N–H and O–H groups in total. The van der Waals surface area contributed by atoms with E-state index in [-0.39, 0.29) is 5.91 Å². The molecule has 140 valence electrons. The van der Waals surface area contributed by atoms with Gasteiger partial charge in [0.2, 0.25) is 0 Å². The van der Waals surface area contributed by atoms with Crippen LogP contribution >= 0.6 is 22.9 Å². The van der Waals surface area contributed by atoms with E-state index in [4.69, 9.17) is 16.6 Å². The molecule has 0 spiro atoms. The summed E-state index contributed by atoms with van der Waals surface area (Å²) in [6, 6.07) is 15.7. The molecule has 6 heteroatoms. The van der Waals surface area contributed by atoms with Gasteiger partial charge in [0.25, 0.3) is 5.91 Å². The third-order valence-electron chi connectivity index (χ3n) is 5.22. The summed E-state index contributed by atoms with van der Waals surface area (Å²) in [5, 5.41) is 1.22. The van der Waals surface area contributed by atoms with Gasteiger partial charge in [0, 0.05) is 12.6 Å². The number of amides is 1. The highest BCUT2D eigenvalue weighted by molar-refractivity contribution is 7.22. The van der Waals surface area contributed by atoms with E-state index in [1.54, 1.807) is 28.4 Å². The second-order valence-corrected chi connectivity index (χ2v) is 8.38. The second-order valence-electron chi connectivity index (χ2n) is 6.97. The minimum Gasteiger partial charge on any atom is -0.303 e. The van der Waals surface area contributed by atoms with Crippen molar-refractivity contribution in [1.29, 1.82) is 0 Å². The van der Waals surface area contributed by atoms with E-state index in [1.807, 2.05) is 36.4 Å². The summed E-state index contributed by atoms with van der Waals surface area (Å²) in [6.45, 7) is 1.77. The molecule has 0 saturated carbocycles. The van der Waals surface area contributed by atoms with Crippen molar-refractivity contribution in [2.45, 2.75) is 25.3 Å². The van der Waals surface area contributed by atoms with Crippen LogP contribution in [0.15, 0.2) is 48.5 Å². The zero-order valence-electron chi connectivity index (χ0n) is 15.3. The number of benzene rings is 2. The van der Waals surface area contributed by atoms with Crippen LogP contribution in [0.3, 0.4) is 0 Å². The van der Waals surface area contributed by atoms with Crippen LogP contribution in [0.1, 0.15) is 29.6 Å². The fraction of sp³-hybridized carbons (Fsp3) is 0.333. The smallest absolute Gasteiger partial charge is 0.261 e. The molecule has 1 saturated heterocycles. The number of para-hydroxylation sites is 1. The maximum atomic E-state index is 13.3. The third-order valence-corrected chi connectivity index (χ3v) is 6.61. The number of nitrogens with zero attached hydrogens (tertiary/aromatic N) is 3. The Morgan fingerprint density at radius 1 is 1.26 bits per heavy atom. The summed E-state index contributed by atoms with van der Waals surface area (Å²) in [4.78, 5) is 22.2. The normalized spacial score (nSPS) is 17.5. The first-order valence-electron chi connectivity index (χ1n) is 9.25. The highest BCUT2D eigenvalue weighted by Crippen LogP contribution is 2.31. The number of halogens is 1. The quantitative estimate of drug-likeness (QED) is 0.600. The van der Waals surface area contributed by atoms with E-state index in [1.165, 1.54) is 12.8 Å². The number of aromatic nitrogens is 1. The molecule has 2 aromatic carbocycles. The van der Waals surface area contributed by atoms with Crippen LogP contribution in [0.4, 0.5) is 5.13 Å². The van der Waals surface area contributed by atoms with Crippen LogP contribution in [0.5, 0.6) is 0 Å². The van der Waals surface area contributed by atoms with Gasteiger partial charge in [-0.1, -0.05) is 47.2 Å². The number of rotatable bonds is 5. The molecule has 4 rings (SSSR count). The molecule has 3 aromatic rings. The number of carbonyl (C=O) groups is 1. The Morgan fingerprint density at radius 3 is 2.78 bits per heavy atom. The van der Waals surface area contributed by atoms with Crippen LogP contribution in [0.25, 0.3) is 10.2 Å². The van der Waals surface area contributed by atoms with Gasteiger partial charge in [-0.05, 0) is 57.1 Å². The molecule has 1 aliphatic heterocycles. The van der Waals surface area contributed by atoms with E-state index in [0.717, 1.165) is 28.3 Å². The molecular weight excluding hydrogens is 378 g/mol. The Kier molecular flexibility index (Phi) is 5.43. The number of carbonyl (C=O) groups excluding carboxylic acids is 1. The van der Waals surface area contributed by atoms with Crippen molar-refractivity contribution in [3.8, 4) is 0 Å². The Morgan fingerprint density at radius 2 is 2.04 bits per heavy atom. The standard InChI is InChI=1S/C21H22ClN3OS/c1-24-13-6-7-15(24)12-14-25(20(26)16-8-2-3-9-17(16)22)21-23-18-10-4-5-11-19(18)27-21/h2-5,8-11,15H,6-7,12-14H2,1H3/t15-/m0/s1. The summed E-state index contributed by atoms with van der Waals surface area (Å²) in [5.41, 5.74) is 1.45. The molecule has 1 aliphatic rings. The molecule has 1 fully saturated rings. The third kappa shape index (κ3) is 3.86. The van der Waals surface area contributed by atoms with Gasteiger partial charge in [0.15, 0.2) is 5.13 Å². The van der Waals surface area contributed by atoms with E-state index in [0.29, 0.717) is 23.2 Å². The lowest BCUT2D eigenvalue weighted by Gasteiger charge is -2.25. The molecule has 1 amide bonds. The first-order chi connectivity index (χ1) is 13.1. The minimum atomic E-state index is -0.0830. The Bertz CT molecular complexity index is 924. The van der Waals surface area contributed by atoms with Gasteiger partial charge >= 0.3 is 0 Å². The van der Waals surface area contributed by atoms with Crippen molar-refractivity contribution < 1.29 is 4.79 Å². The number of thiazole rings is 1. The predicted molar refractivity (Wildman–Crippen MR) is 113 cm³/mol. The van der Waals surface area contributed by atoms with E-state index >= 15 is 0 Å². The van der Waals surface area contributed by atoms with E-state index in [2.05, 4.69) is 11.9 Å². The van der Waals surface area contributed by atoms with Gasteiger partial charge in [-0.3, -0.25) is 9.69 Å². The molecule has 0 bridgehead atoms. The van der Waals surface area contributed by atoms with Crippen molar-refractivity contribution in [2.24, 2.45) is 0 Å².